The molecular weight excluding hydrogens is 392 g/mol. The summed E-state index contributed by atoms with van der Waals surface area (Å²) in [6.07, 6.45) is -1.02. The molecule has 8 nitrogen and oxygen atoms in total. The van der Waals surface area contributed by atoms with Gasteiger partial charge in [-0.1, -0.05) is 12.1 Å². The van der Waals surface area contributed by atoms with Gasteiger partial charge in [0, 0.05) is 37.4 Å². The van der Waals surface area contributed by atoms with Gasteiger partial charge in [-0.15, -0.1) is 0 Å². The van der Waals surface area contributed by atoms with Gasteiger partial charge in [0.1, 0.15) is 4.90 Å². The van der Waals surface area contributed by atoms with Crippen molar-refractivity contribution in [1.29, 1.82) is 0 Å². The van der Waals surface area contributed by atoms with E-state index in [4.69, 9.17) is 0 Å². The van der Waals surface area contributed by atoms with Gasteiger partial charge in [-0.25, -0.2) is 8.42 Å². The zero-order valence-electron chi connectivity index (χ0n) is 16.0. The Morgan fingerprint density at radius 2 is 1.62 bits per heavy atom. The normalized spacial score (nSPS) is 20.5. The molecule has 2 heterocycles. The number of ketones is 1. The highest BCUT2D eigenvalue weighted by Gasteiger charge is 2.36. The maximum absolute atomic E-state index is 12.9. The van der Waals surface area contributed by atoms with E-state index in [-0.39, 0.29) is 16.6 Å². The van der Waals surface area contributed by atoms with Gasteiger partial charge < -0.3 is 15.1 Å². The number of anilines is 2. The van der Waals surface area contributed by atoms with Gasteiger partial charge in [0.15, 0.2) is 11.9 Å². The van der Waals surface area contributed by atoms with E-state index in [1.807, 2.05) is 12.1 Å². The third-order valence-electron chi connectivity index (χ3n) is 5.23. The minimum Gasteiger partial charge on any atom is -0.368 e. The van der Waals surface area contributed by atoms with E-state index in [1.165, 1.54) is 13.0 Å². The molecule has 1 saturated heterocycles. The van der Waals surface area contributed by atoms with E-state index in [9.17, 15) is 18.0 Å². The van der Waals surface area contributed by atoms with Crippen molar-refractivity contribution in [3.05, 3.63) is 54.1 Å². The van der Waals surface area contributed by atoms with Gasteiger partial charge in [0.2, 0.25) is 10.0 Å². The number of carbonyl (C=O) groups excluding carboxylic acids is 2. The molecule has 2 aromatic carbocycles. The molecule has 1 amide bonds. The zero-order chi connectivity index (χ0) is 20.6. The summed E-state index contributed by atoms with van der Waals surface area (Å²) in [5.74, 6) is -0.273. The Labute approximate surface area is 169 Å². The number of Topliss-reactive ketones (excluding diaryl/α,β-unsaturated/α-hetero) is 1. The van der Waals surface area contributed by atoms with Crippen molar-refractivity contribution < 1.29 is 18.0 Å². The number of piperazine rings is 1. The molecule has 0 spiro atoms. The van der Waals surface area contributed by atoms with Crippen molar-refractivity contribution in [3.8, 4) is 0 Å². The Morgan fingerprint density at radius 1 is 0.966 bits per heavy atom. The number of nitrogens with one attached hydrogen (secondary N) is 2. The summed E-state index contributed by atoms with van der Waals surface area (Å²) in [4.78, 5) is 28.2. The van der Waals surface area contributed by atoms with Gasteiger partial charge in [-0.05, 0) is 43.3 Å². The Kier molecular flexibility index (Phi) is 5.01. The maximum atomic E-state index is 12.9. The highest BCUT2D eigenvalue weighted by atomic mass is 32.2. The summed E-state index contributed by atoms with van der Waals surface area (Å²) in [7, 11) is -3.74. The third-order valence-corrected chi connectivity index (χ3v) is 6.71. The Balaban J connectivity index is 1.41. The summed E-state index contributed by atoms with van der Waals surface area (Å²) in [6.45, 7) is 3.75. The molecule has 152 valence electrons. The van der Waals surface area contributed by atoms with Gasteiger partial charge in [0.05, 0.1) is 5.69 Å². The lowest BCUT2D eigenvalue weighted by Gasteiger charge is -2.38. The first-order chi connectivity index (χ1) is 13.8. The Bertz CT molecular complexity index is 1040. The fourth-order valence-corrected chi connectivity index (χ4v) is 4.88. The van der Waals surface area contributed by atoms with Crippen LogP contribution in [0.3, 0.4) is 0 Å². The fraction of sp³-hybridized carbons (Fsp3) is 0.300. The smallest absolute Gasteiger partial charge is 0.261 e. The van der Waals surface area contributed by atoms with Crippen molar-refractivity contribution in [3.63, 3.8) is 0 Å². The van der Waals surface area contributed by atoms with Gasteiger partial charge in [-0.3, -0.25) is 9.59 Å². The predicted octanol–water partition coefficient (Wildman–Crippen LogP) is 1.27. The lowest BCUT2D eigenvalue weighted by Crippen LogP contribution is -2.58. The van der Waals surface area contributed by atoms with Crippen LogP contribution < -0.4 is 14.9 Å². The fourth-order valence-electron chi connectivity index (χ4n) is 3.61. The average Bonchev–Trinajstić information content (AvgIpc) is 2.73. The molecular formula is C20H22N4O4S. The molecule has 2 aliphatic heterocycles. The number of carbonyl (C=O) groups is 2. The SMILES string of the molecule is CC(=O)c1ccc(N2CCN(C(=O)[C@@H]3Nc4ccccc4S(=O)(=O)N3)CC2)cc1. The van der Waals surface area contributed by atoms with Crippen LogP contribution in [0, 0.1) is 0 Å². The quantitative estimate of drug-likeness (QED) is 0.734. The lowest BCUT2D eigenvalue weighted by molar-refractivity contribution is -0.132. The molecule has 29 heavy (non-hydrogen) atoms. The Hall–Kier alpha value is -2.91. The molecule has 0 aromatic heterocycles. The number of hydrogen-bond acceptors (Lipinski definition) is 6. The number of hydrogen-bond donors (Lipinski definition) is 2. The first-order valence-electron chi connectivity index (χ1n) is 9.38. The van der Waals surface area contributed by atoms with E-state index in [0.29, 0.717) is 37.4 Å². The van der Waals surface area contributed by atoms with Crippen LogP contribution in [0.4, 0.5) is 11.4 Å². The average molecular weight is 414 g/mol. The molecule has 2 aromatic rings. The summed E-state index contributed by atoms with van der Waals surface area (Å²) in [5.41, 5.74) is 2.08. The summed E-state index contributed by atoms with van der Waals surface area (Å²) in [6, 6.07) is 13.9. The summed E-state index contributed by atoms with van der Waals surface area (Å²) < 4.78 is 27.3. The number of fused-ring (bicyclic) bond motifs is 1. The van der Waals surface area contributed by atoms with Gasteiger partial charge >= 0.3 is 0 Å². The minimum absolute atomic E-state index is 0.0240. The minimum atomic E-state index is -3.74. The molecule has 0 unspecified atom stereocenters. The van der Waals surface area contributed by atoms with E-state index >= 15 is 0 Å². The van der Waals surface area contributed by atoms with Crippen molar-refractivity contribution in [2.45, 2.75) is 18.0 Å². The predicted molar refractivity (Wildman–Crippen MR) is 109 cm³/mol. The van der Waals surface area contributed by atoms with Crippen molar-refractivity contribution in [1.82, 2.24) is 9.62 Å². The van der Waals surface area contributed by atoms with E-state index < -0.39 is 16.2 Å². The van der Waals surface area contributed by atoms with Crippen LogP contribution in [0.5, 0.6) is 0 Å². The number of rotatable bonds is 3. The van der Waals surface area contributed by atoms with Crippen molar-refractivity contribution in [2.24, 2.45) is 0 Å². The zero-order valence-corrected chi connectivity index (χ0v) is 16.8. The highest BCUT2D eigenvalue weighted by molar-refractivity contribution is 7.89. The van der Waals surface area contributed by atoms with Crippen molar-refractivity contribution >= 4 is 33.1 Å². The van der Waals surface area contributed by atoms with Gasteiger partial charge in [0.25, 0.3) is 5.91 Å². The third kappa shape index (κ3) is 3.83. The van der Waals surface area contributed by atoms with Crippen LogP contribution in [-0.4, -0.2) is 57.4 Å². The van der Waals surface area contributed by atoms with E-state index in [2.05, 4.69) is 14.9 Å². The molecule has 2 aliphatic rings. The van der Waals surface area contributed by atoms with E-state index in [1.54, 1.807) is 35.2 Å². The number of para-hydroxylation sites is 1. The second-order valence-electron chi connectivity index (χ2n) is 7.11. The number of benzene rings is 2. The molecule has 1 fully saturated rings. The molecule has 0 saturated carbocycles. The molecule has 1 atom stereocenters. The molecule has 0 bridgehead atoms. The molecule has 4 rings (SSSR count). The largest absolute Gasteiger partial charge is 0.368 e. The second kappa shape index (κ2) is 7.49. The first kappa shape index (κ1) is 19.4. The van der Waals surface area contributed by atoms with Crippen LogP contribution in [0.25, 0.3) is 0 Å². The second-order valence-corrected chi connectivity index (χ2v) is 8.79. The van der Waals surface area contributed by atoms with Crippen molar-refractivity contribution in [2.75, 3.05) is 36.4 Å². The van der Waals surface area contributed by atoms with Crippen LogP contribution in [0.1, 0.15) is 17.3 Å². The summed E-state index contributed by atoms with van der Waals surface area (Å²) in [5, 5.41) is 2.98. The van der Waals surface area contributed by atoms with Crippen LogP contribution >= 0.6 is 0 Å². The van der Waals surface area contributed by atoms with Crippen LogP contribution in [0.2, 0.25) is 0 Å². The first-order valence-corrected chi connectivity index (χ1v) is 10.9. The lowest BCUT2D eigenvalue weighted by atomic mass is 10.1. The molecule has 9 heteroatoms. The van der Waals surface area contributed by atoms with Crippen LogP contribution in [-0.2, 0) is 14.8 Å². The summed E-state index contributed by atoms with van der Waals surface area (Å²) >= 11 is 0. The number of amides is 1. The standard InChI is InChI=1S/C20H22N4O4S/c1-14(25)15-6-8-16(9-7-15)23-10-12-24(13-11-23)20(26)19-21-17-4-2-3-5-18(17)29(27,28)22-19/h2-9,19,21-22H,10-13H2,1H3/t19-/m1/s1. The number of sulfonamides is 1. The topological polar surface area (TPSA) is 98.8 Å². The molecule has 2 N–H and O–H groups in total. The van der Waals surface area contributed by atoms with Crippen LogP contribution in [0.15, 0.2) is 53.4 Å². The number of nitrogens with zero attached hydrogens (tertiary/aromatic N) is 2. The highest BCUT2D eigenvalue weighted by Crippen LogP contribution is 2.26. The molecule has 0 aliphatic carbocycles. The van der Waals surface area contributed by atoms with E-state index in [0.717, 1.165) is 5.69 Å². The maximum Gasteiger partial charge on any atom is 0.261 e. The monoisotopic (exact) mass is 414 g/mol. The molecule has 0 radical (unpaired) electrons. The Morgan fingerprint density at radius 3 is 2.28 bits per heavy atom. The van der Waals surface area contributed by atoms with Gasteiger partial charge in [-0.2, -0.15) is 4.72 Å².